The van der Waals surface area contributed by atoms with E-state index >= 15 is 0 Å². The second kappa shape index (κ2) is 8.44. The Morgan fingerprint density at radius 3 is 2.68 bits per heavy atom. The number of pyridine rings is 1. The molecule has 3 rings (SSSR count). The van der Waals surface area contributed by atoms with Crippen molar-refractivity contribution >= 4 is 17.7 Å². The molecule has 0 aromatic carbocycles. The van der Waals surface area contributed by atoms with E-state index in [0.717, 1.165) is 5.75 Å². The summed E-state index contributed by atoms with van der Waals surface area (Å²) in [5.74, 6) is 2.47. The molecule has 2 unspecified atom stereocenters. The third-order valence-electron chi connectivity index (χ3n) is 3.84. The van der Waals surface area contributed by atoms with Crippen LogP contribution in [0.5, 0.6) is 0 Å². The zero-order chi connectivity index (χ0) is 17.6. The Bertz CT molecular complexity index is 684. The summed E-state index contributed by atoms with van der Waals surface area (Å²) < 4.78 is 10.9. The Kier molecular flexibility index (Phi) is 6.04. The van der Waals surface area contributed by atoms with Crippen molar-refractivity contribution in [2.75, 3.05) is 13.1 Å². The molecule has 3 heterocycles. The van der Waals surface area contributed by atoms with Crippen molar-refractivity contribution in [2.24, 2.45) is 0 Å². The van der Waals surface area contributed by atoms with Gasteiger partial charge in [0.1, 0.15) is 0 Å². The topological polar surface area (TPSA) is 81.4 Å². The predicted octanol–water partition coefficient (Wildman–Crippen LogP) is 2.08. The van der Waals surface area contributed by atoms with E-state index in [4.69, 9.17) is 9.26 Å². The van der Waals surface area contributed by atoms with Crippen LogP contribution >= 0.6 is 11.8 Å². The number of ether oxygens (including phenoxy) is 1. The Labute approximate surface area is 151 Å². The fourth-order valence-electron chi connectivity index (χ4n) is 2.78. The van der Waals surface area contributed by atoms with Gasteiger partial charge in [-0.15, -0.1) is 11.8 Å². The van der Waals surface area contributed by atoms with Crippen molar-refractivity contribution in [3.8, 4) is 0 Å². The third-order valence-corrected chi connectivity index (χ3v) is 4.82. The Balaban J connectivity index is 1.47. The number of thioether (sulfide) groups is 1. The zero-order valence-electron chi connectivity index (χ0n) is 14.4. The monoisotopic (exact) mass is 362 g/mol. The molecule has 1 fully saturated rings. The lowest BCUT2D eigenvalue weighted by Crippen LogP contribution is -2.48. The molecular formula is C17H22N4O3S. The Morgan fingerprint density at radius 2 is 1.96 bits per heavy atom. The summed E-state index contributed by atoms with van der Waals surface area (Å²) in [6.45, 7) is 5.16. The zero-order valence-corrected chi connectivity index (χ0v) is 15.2. The SMILES string of the molecule is CC1CN(C(=O)Cc2noc(CSCc3ccncc3)n2)CC(C)O1. The number of hydrogen-bond donors (Lipinski definition) is 0. The number of hydrogen-bond acceptors (Lipinski definition) is 7. The van der Waals surface area contributed by atoms with Gasteiger partial charge in [0.05, 0.1) is 24.4 Å². The highest BCUT2D eigenvalue weighted by Gasteiger charge is 2.26. The molecule has 25 heavy (non-hydrogen) atoms. The number of carbonyl (C=O) groups is 1. The molecule has 7 nitrogen and oxygen atoms in total. The van der Waals surface area contributed by atoms with Gasteiger partial charge >= 0.3 is 0 Å². The van der Waals surface area contributed by atoms with E-state index in [1.54, 1.807) is 24.2 Å². The minimum absolute atomic E-state index is 0.0128. The molecule has 0 bridgehead atoms. The van der Waals surface area contributed by atoms with Crippen molar-refractivity contribution in [1.82, 2.24) is 20.0 Å². The van der Waals surface area contributed by atoms with Crippen molar-refractivity contribution in [3.05, 3.63) is 41.8 Å². The number of carbonyl (C=O) groups excluding carboxylic acids is 1. The summed E-state index contributed by atoms with van der Waals surface area (Å²) in [6, 6.07) is 3.96. The summed E-state index contributed by atoms with van der Waals surface area (Å²) in [5.41, 5.74) is 1.20. The van der Waals surface area contributed by atoms with Crippen LogP contribution in [0.3, 0.4) is 0 Å². The summed E-state index contributed by atoms with van der Waals surface area (Å²) in [5, 5.41) is 3.93. The summed E-state index contributed by atoms with van der Waals surface area (Å²) in [6.07, 6.45) is 3.83. The molecule has 1 saturated heterocycles. The number of rotatable bonds is 6. The molecule has 0 spiro atoms. The van der Waals surface area contributed by atoms with Gasteiger partial charge in [0.25, 0.3) is 0 Å². The van der Waals surface area contributed by atoms with E-state index in [2.05, 4.69) is 15.1 Å². The molecule has 134 valence electrons. The van der Waals surface area contributed by atoms with E-state index in [9.17, 15) is 4.79 Å². The van der Waals surface area contributed by atoms with Gasteiger partial charge in [-0.05, 0) is 31.5 Å². The van der Waals surface area contributed by atoms with Crippen LogP contribution < -0.4 is 0 Å². The van der Waals surface area contributed by atoms with Crippen LogP contribution in [-0.4, -0.2) is 51.2 Å². The first kappa shape index (κ1) is 17.9. The standard InChI is InChI=1S/C17H22N4O3S/c1-12-8-21(9-13(2)23-12)17(22)7-15-19-16(24-20-15)11-25-10-14-3-5-18-6-4-14/h3-6,12-13H,7-11H2,1-2H3. The van der Waals surface area contributed by atoms with Crippen LogP contribution in [0.15, 0.2) is 29.0 Å². The smallest absolute Gasteiger partial charge is 0.236 e. The van der Waals surface area contributed by atoms with Crippen molar-refractivity contribution in [3.63, 3.8) is 0 Å². The minimum Gasteiger partial charge on any atom is -0.372 e. The van der Waals surface area contributed by atoms with Gasteiger partial charge < -0.3 is 14.2 Å². The number of amides is 1. The van der Waals surface area contributed by atoms with Gasteiger partial charge in [0, 0.05) is 31.2 Å². The van der Waals surface area contributed by atoms with Crippen LogP contribution in [0.4, 0.5) is 0 Å². The van der Waals surface area contributed by atoms with Gasteiger partial charge in [-0.1, -0.05) is 5.16 Å². The van der Waals surface area contributed by atoms with Crippen LogP contribution in [0.1, 0.15) is 31.1 Å². The minimum atomic E-state index is 0.0128. The second-order valence-corrected chi connectivity index (χ2v) is 7.17. The van der Waals surface area contributed by atoms with E-state index in [1.165, 1.54) is 5.56 Å². The van der Waals surface area contributed by atoms with E-state index in [1.807, 2.05) is 30.9 Å². The highest BCUT2D eigenvalue weighted by Crippen LogP contribution is 2.17. The Morgan fingerprint density at radius 1 is 1.24 bits per heavy atom. The van der Waals surface area contributed by atoms with Gasteiger partial charge in [-0.2, -0.15) is 4.98 Å². The van der Waals surface area contributed by atoms with Gasteiger partial charge in [-0.25, -0.2) is 0 Å². The van der Waals surface area contributed by atoms with Crippen LogP contribution in [0.2, 0.25) is 0 Å². The van der Waals surface area contributed by atoms with E-state index in [0.29, 0.717) is 30.6 Å². The normalized spacial score (nSPS) is 20.6. The van der Waals surface area contributed by atoms with Crippen molar-refractivity contribution in [1.29, 1.82) is 0 Å². The van der Waals surface area contributed by atoms with Crippen LogP contribution in [0, 0.1) is 0 Å². The summed E-state index contributed by atoms with van der Waals surface area (Å²) >= 11 is 1.68. The predicted molar refractivity (Wildman–Crippen MR) is 93.8 cm³/mol. The molecule has 2 aromatic rings. The van der Waals surface area contributed by atoms with Gasteiger partial charge in [0.15, 0.2) is 5.82 Å². The maximum absolute atomic E-state index is 12.4. The molecule has 1 aliphatic heterocycles. The molecule has 2 atom stereocenters. The molecule has 2 aromatic heterocycles. The van der Waals surface area contributed by atoms with Gasteiger partial charge in [-0.3, -0.25) is 9.78 Å². The van der Waals surface area contributed by atoms with E-state index in [-0.39, 0.29) is 24.5 Å². The molecular weight excluding hydrogens is 340 g/mol. The van der Waals surface area contributed by atoms with Crippen LogP contribution in [-0.2, 0) is 27.5 Å². The second-order valence-electron chi connectivity index (χ2n) is 6.19. The molecule has 0 N–H and O–H groups in total. The van der Waals surface area contributed by atoms with Crippen molar-refractivity contribution < 1.29 is 14.1 Å². The lowest BCUT2D eigenvalue weighted by atomic mass is 10.2. The lowest BCUT2D eigenvalue weighted by molar-refractivity contribution is -0.142. The number of nitrogens with zero attached hydrogens (tertiary/aromatic N) is 4. The Hall–Kier alpha value is -1.93. The molecule has 0 radical (unpaired) electrons. The maximum atomic E-state index is 12.4. The van der Waals surface area contributed by atoms with Gasteiger partial charge in [0.2, 0.25) is 11.8 Å². The largest absolute Gasteiger partial charge is 0.372 e. The first-order valence-electron chi connectivity index (χ1n) is 8.31. The lowest BCUT2D eigenvalue weighted by Gasteiger charge is -2.35. The maximum Gasteiger partial charge on any atom is 0.236 e. The third kappa shape index (κ3) is 5.27. The molecule has 8 heteroatoms. The fourth-order valence-corrected chi connectivity index (χ4v) is 3.61. The molecule has 1 amide bonds. The fraction of sp³-hybridized carbons (Fsp3) is 0.529. The van der Waals surface area contributed by atoms with Crippen molar-refractivity contribution in [2.45, 2.75) is 44.0 Å². The average molecular weight is 362 g/mol. The van der Waals surface area contributed by atoms with Crippen LogP contribution in [0.25, 0.3) is 0 Å². The average Bonchev–Trinajstić information content (AvgIpc) is 3.02. The molecule has 0 saturated carbocycles. The molecule has 1 aliphatic rings. The highest BCUT2D eigenvalue weighted by molar-refractivity contribution is 7.97. The first-order chi connectivity index (χ1) is 12.1. The summed E-state index contributed by atoms with van der Waals surface area (Å²) in [7, 11) is 0. The first-order valence-corrected chi connectivity index (χ1v) is 9.47. The quantitative estimate of drug-likeness (QED) is 0.778. The summed E-state index contributed by atoms with van der Waals surface area (Å²) in [4.78, 5) is 22.5. The molecule has 0 aliphatic carbocycles. The number of aromatic nitrogens is 3. The highest BCUT2D eigenvalue weighted by atomic mass is 32.2. The number of morpholine rings is 1. The van der Waals surface area contributed by atoms with E-state index < -0.39 is 0 Å².